The van der Waals surface area contributed by atoms with Crippen molar-refractivity contribution in [1.82, 2.24) is 25.2 Å². The molecule has 80 valence electrons. The highest BCUT2D eigenvalue weighted by molar-refractivity contribution is 7.09. The van der Waals surface area contributed by atoms with Crippen molar-refractivity contribution in [2.24, 2.45) is 5.73 Å². The number of aromatic nitrogens is 5. The van der Waals surface area contributed by atoms with Gasteiger partial charge < -0.3 is 5.73 Å². The van der Waals surface area contributed by atoms with Crippen LogP contribution >= 0.6 is 11.3 Å². The SMILES string of the molecule is Cc1nc(Cc2nnnn2CCN)cs1. The van der Waals surface area contributed by atoms with Crippen LogP contribution in [0.25, 0.3) is 0 Å². The Balaban J connectivity index is 2.13. The molecule has 0 aromatic carbocycles. The first-order valence-electron chi connectivity index (χ1n) is 4.65. The van der Waals surface area contributed by atoms with Gasteiger partial charge >= 0.3 is 0 Å². The standard InChI is InChI=1S/C8H12N6S/c1-6-10-7(5-15-6)4-8-11-12-13-14(8)3-2-9/h5H,2-4,9H2,1H3. The van der Waals surface area contributed by atoms with Crippen molar-refractivity contribution in [1.29, 1.82) is 0 Å². The molecule has 0 spiro atoms. The van der Waals surface area contributed by atoms with Crippen LogP contribution in [0.1, 0.15) is 16.5 Å². The molecule has 2 aromatic heterocycles. The number of aryl methyl sites for hydroxylation is 1. The first-order chi connectivity index (χ1) is 7.29. The highest BCUT2D eigenvalue weighted by Gasteiger charge is 2.08. The van der Waals surface area contributed by atoms with Gasteiger partial charge in [-0.2, -0.15) is 0 Å². The zero-order valence-electron chi connectivity index (χ0n) is 8.42. The maximum absolute atomic E-state index is 5.46. The van der Waals surface area contributed by atoms with Crippen LogP contribution in [-0.2, 0) is 13.0 Å². The number of thiazole rings is 1. The van der Waals surface area contributed by atoms with Gasteiger partial charge in [-0.05, 0) is 17.4 Å². The summed E-state index contributed by atoms with van der Waals surface area (Å²) in [6, 6.07) is 0. The van der Waals surface area contributed by atoms with E-state index in [0.717, 1.165) is 16.5 Å². The lowest BCUT2D eigenvalue weighted by Crippen LogP contribution is -2.14. The Morgan fingerprint density at radius 1 is 1.53 bits per heavy atom. The summed E-state index contributed by atoms with van der Waals surface area (Å²) in [5.41, 5.74) is 6.46. The third-order valence-electron chi connectivity index (χ3n) is 1.95. The van der Waals surface area contributed by atoms with E-state index in [1.165, 1.54) is 0 Å². The van der Waals surface area contributed by atoms with Crippen molar-refractivity contribution in [2.45, 2.75) is 19.9 Å². The maximum atomic E-state index is 5.46. The van der Waals surface area contributed by atoms with Crippen molar-refractivity contribution in [3.05, 3.63) is 21.9 Å². The Morgan fingerprint density at radius 2 is 2.40 bits per heavy atom. The fraction of sp³-hybridized carbons (Fsp3) is 0.500. The zero-order chi connectivity index (χ0) is 10.7. The fourth-order valence-corrected chi connectivity index (χ4v) is 1.91. The average molecular weight is 224 g/mol. The molecule has 0 atom stereocenters. The largest absolute Gasteiger partial charge is 0.329 e. The van der Waals surface area contributed by atoms with E-state index in [-0.39, 0.29) is 0 Å². The van der Waals surface area contributed by atoms with Crippen LogP contribution in [0.5, 0.6) is 0 Å². The van der Waals surface area contributed by atoms with Crippen molar-refractivity contribution >= 4 is 11.3 Å². The van der Waals surface area contributed by atoms with E-state index >= 15 is 0 Å². The molecule has 2 aromatic rings. The molecule has 15 heavy (non-hydrogen) atoms. The summed E-state index contributed by atoms with van der Waals surface area (Å²) in [5.74, 6) is 0.811. The predicted molar refractivity (Wildman–Crippen MR) is 56.5 cm³/mol. The Bertz CT molecular complexity index is 434. The lowest BCUT2D eigenvalue weighted by molar-refractivity contribution is 0.577. The first-order valence-corrected chi connectivity index (χ1v) is 5.53. The molecule has 0 radical (unpaired) electrons. The van der Waals surface area contributed by atoms with E-state index in [4.69, 9.17) is 5.73 Å². The van der Waals surface area contributed by atoms with E-state index in [1.807, 2.05) is 12.3 Å². The van der Waals surface area contributed by atoms with Crippen LogP contribution in [0.4, 0.5) is 0 Å². The van der Waals surface area contributed by atoms with Crippen molar-refractivity contribution in [3.63, 3.8) is 0 Å². The predicted octanol–water partition coefficient (Wildman–Crippen LogP) is -0.0125. The number of nitrogens with zero attached hydrogens (tertiary/aromatic N) is 5. The number of nitrogens with two attached hydrogens (primary N) is 1. The van der Waals surface area contributed by atoms with E-state index in [9.17, 15) is 0 Å². The van der Waals surface area contributed by atoms with Gasteiger partial charge in [-0.1, -0.05) is 0 Å². The third-order valence-corrected chi connectivity index (χ3v) is 2.78. The normalized spacial score (nSPS) is 10.8. The van der Waals surface area contributed by atoms with Gasteiger partial charge in [0.25, 0.3) is 0 Å². The van der Waals surface area contributed by atoms with Crippen LogP contribution in [-0.4, -0.2) is 31.7 Å². The van der Waals surface area contributed by atoms with Gasteiger partial charge in [-0.25, -0.2) is 9.67 Å². The van der Waals surface area contributed by atoms with E-state index < -0.39 is 0 Å². The molecule has 2 rings (SSSR count). The summed E-state index contributed by atoms with van der Waals surface area (Å²) in [5, 5.41) is 14.5. The highest BCUT2D eigenvalue weighted by atomic mass is 32.1. The molecule has 2 heterocycles. The Kier molecular flexibility index (Phi) is 3.02. The molecule has 0 aliphatic rings. The van der Waals surface area contributed by atoms with Crippen molar-refractivity contribution < 1.29 is 0 Å². The molecular weight excluding hydrogens is 212 g/mol. The fourth-order valence-electron chi connectivity index (χ4n) is 1.30. The second-order valence-corrected chi connectivity index (χ2v) is 4.20. The zero-order valence-corrected chi connectivity index (χ0v) is 9.24. The van der Waals surface area contributed by atoms with Crippen molar-refractivity contribution in [2.75, 3.05) is 6.54 Å². The first kappa shape index (κ1) is 10.2. The average Bonchev–Trinajstić information content (AvgIpc) is 2.78. The number of rotatable bonds is 4. The van der Waals surface area contributed by atoms with Crippen LogP contribution in [0.15, 0.2) is 5.38 Å². The van der Waals surface area contributed by atoms with Crippen LogP contribution in [0.2, 0.25) is 0 Å². The lowest BCUT2D eigenvalue weighted by Gasteiger charge is -1.99. The van der Waals surface area contributed by atoms with Crippen LogP contribution in [0.3, 0.4) is 0 Å². The summed E-state index contributed by atoms with van der Waals surface area (Å²) in [4.78, 5) is 4.37. The molecule has 0 aliphatic carbocycles. The summed E-state index contributed by atoms with van der Waals surface area (Å²) in [7, 11) is 0. The molecule has 0 aliphatic heterocycles. The quantitative estimate of drug-likeness (QED) is 0.789. The molecule has 6 nitrogen and oxygen atoms in total. The lowest BCUT2D eigenvalue weighted by atomic mass is 10.3. The highest BCUT2D eigenvalue weighted by Crippen LogP contribution is 2.10. The second kappa shape index (κ2) is 4.45. The Labute approximate surface area is 91.1 Å². The molecule has 2 N–H and O–H groups in total. The van der Waals surface area contributed by atoms with Crippen molar-refractivity contribution in [3.8, 4) is 0 Å². The van der Waals surface area contributed by atoms with Gasteiger partial charge in [0, 0.05) is 11.9 Å². The van der Waals surface area contributed by atoms with Gasteiger partial charge in [0.05, 0.1) is 23.7 Å². The number of hydrogen-bond acceptors (Lipinski definition) is 6. The van der Waals surface area contributed by atoms with Gasteiger partial charge in [-0.3, -0.25) is 0 Å². The number of tetrazole rings is 1. The molecular formula is C8H12N6S. The Hall–Kier alpha value is -1.34. The summed E-state index contributed by atoms with van der Waals surface area (Å²) in [6.07, 6.45) is 0.664. The van der Waals surface area contributed by atoms with Gasteiger partial charge in [0.1, 0.15) is 0 Å². The second-order valence-electron chi connectivity index (χ2n) is 3.14. The van der Waals surface area contributed by atoms with Gasteiger partial charge in [-0.15, -0.1) is 16.4 Å². The molecule has 0 bridgehead atoms. The van der Waals surface area contributed by atoms with E-state index in [2.05, 4.69) is 20.5 Å². The van der Waals surface area contributed by atoms with Gasteiger partial charge in [0.2, 0.25) is 0 Å². The van der Waals surface area contributed by atoms with E-state index in [0.29, 0.717) is 19.5 Å². The Morgan fingerprint density at radius 3 is 3.07 bits per heavy atom. The molecule has 0 amide bonds. The monoisotopic (exact) mass is 224 g/mol. The van der Waals surface area contributed by atoms with Crippen LogP contribution < -0.4 is 5.73 Å². The minimum Gasteiger partial charge on any atom is -0.329 e. The molecule has 0 fully saturated rings. The van der Waals surface area contributed by atoms with Crippen LogP contribution in [0, 0.1) is 6.92 Å². The molecule has 0 saturated heterocycles. The molecule has 0 saturated carbocycles. The topological polar surface area (TPSA) is 82.5 Å². The molecule has 0 unspecified atom stereocenters. The summed E-state index contributed by atoms with van der Waals surface area (Å²) < 4.78 is 1.72. The number of hydrogen-bond donors (Lipinski definition) is 1. The summed E-state index contributed by atoms with van der Waals surface area (Å²) >= 11 is 1.63. The third kappa shape index (κ3) is 2.37. The summed E-state index contributed by atoms with van der Waals surface area (Å²) in [6.45, 7) is 3.16. The molecule has 7 heteroatoms. The smallest absolute Gasteiger partial charge is 0.157 e. The van der Waals surface area contributed by atoms with E-state index in [1.54, 1.807) is 16.0 Å². The maximum Gasteiger partial charge on any atom is 0.157 e. The minimum atomic E-state index is 0.536. The minimum absolute atomic E-state index is 0.536. The van der Waals surface area contributed by atoms with Gasteiger partial charge in [0.15, 0.2) is 5.82 Å².